The number of allylic oxidation sites excluding steroid dienone is 5. The predicted molar refractivity (Wildman–Crippen MR) is 127 cm³/mol. The number of Topliss-reactive ketones (excluding diaryl/α,β-unsaturated/α-hetero) is 2. The number of fused-ring (bicyclic) bond motifs is 2. The van der Waals surface area contributed by atoms with Crippen LogP contribution in [0.25, 0.3) is 0 Å². The number of anilines is 2. The fraction of sp³-hybridized carbons (Fsp3) is 0.231. The number of ketones is 2. The summed E-state index contributed by atoms with van der Waals surface area (Å²) in [6.45, 7) is 0. The normalized spacial score (nSPS) is 19.1. The van der Waals surface area contributed by atoms with Gasteiger partial charge < -0.3 is 9.80 Å². The van der Waals surface area contributed by atoms with Crippen molar-refractivity contribution in [1.82, 2.24) is 0 Å². The van der Waals surface area contributed by atoms with Gasteiger partial charge in [0.15, 0.2) is 11.6 Å². The molecule has 2 aromatic rings. The summed E-state index contributed by atoms with van der Waals surface area (Å²) < 4.78 is 0. The highest BCUT2D eigenvalue weighted by molar-refractivity contribution is 8.03. The Hall–Kier alpha value is -3.05. The first-order valence-electron chi connectivity index (χ1n) is 10.5. The minimum atomic E-state index is -0.128. The molecule has 31 heavy (non-hydrogen) atoms. The summed E-state index contributed by atoms with van der Waals surface area (Å²) in [6.07, 6.45) is 6.93. The molecule has 3 aliphatic rings. The van der Waals surface area contributed by atoms with Gasteiger partial charge in [-0.2, -0.15) is 0 Å². The first-order chi connectivity index (χ1) is 14.9. The molecule has 0 saturated heterocycles. The average molecular weight is 429 g/mol. The SMILES string of the molecule is CN(C)c1ccc2c(c1)S/C(=C\C1=CC(=C3C(=O)c4ccccc4C3=O)CCC1)N2C. The molecule has 2 aromatic carbocycles. The van der Waals surface area contributed by atoms with Crippen LogP contribution in [0.2, 0.25) is 0 Å². The quantitative estimate of drug-likeness (QED) is 0.458. The summed E-state index contributed by atoms with van der Waals surface area (Å²) in [6, 6.07) is 13.6. The smallest absolute Gasteiger partial charge is 0.197 e. The maximum absolute atomic E-state index is 12.9. The topological polar surface area (TPSA) is 40.6 Å². The van der Waals surface area contributed by atoms with Gasteiger partial charge in [0, 0.05) is 42.9 Å². The van der Waals surface area contributed by atoms with Gasteiger partial charge in [-0.1, -0.05) is 42.1 Å². The van der Waals surface area contributed by atoms with Crippen molar-refractivity contribution in [2.75, 3.05) is 30.9 Å². The number of rotatable bonds is 2. The Balaban J connectivity index is 1.48. The monoisotopic (exact) mass is 428 g/mol. The van der Waals surface area contributed by atoms with Gasteiger partial charge in [-0.15, -0.1) is 0 Å². The third-order valence-corrected chi connectivity index (χ3v) is 7.29. The molecule has 0 saturated carbocycles. The van der Waals surface area contributed by atoms with E-state index < -0.39 is 0 Å². The maximum atomic E-state index is 12.9. The van der Waals surface area contributed by atoms with Gasteiger partial charge in [0.2, 0.25) is 0 Å². The first-order valence-corrected chi connectivity index (χ1v) is 11.3. The number of nitrogens with zero attached hydrogens (tertiary/aromatic N) is 2. The van der Waals surface area contributed by atoms with Gasteiger partial charge in [-0.3, -0.25) is 9.59 Å². The molecular weight excluding hydrogens is 404 g/mol. The molecule has 1 heterocycles. The van der Waals surface area contributed by atoms with Crippen LogP contribution in [0.1, 0.15) is 40.0 Å². The third-order valence-electron chi connectivity index (χ3n) is 6.14. The number of hydrogen-bond donors (Lipinski definition) is 0. The lowest BCUT2D eigenvalue weighted by molar-refractivity contribution is 0.0987. The number of hydrogen-bond acceptors (Lipinski definition) is 5. The lowest BCUT2D eigenvalue weighted by Gasteiger charge is -2.18. The Morgan fingerprint density at radius 2 is 1.71 bits per heavy atom. The van der Waals surface area contributed by atoms with Crippen LogP contribution < -0.4 is 9.80 Å². The number of benzene rings is 2. The van der Waals surface area contributed by atoms with Crippen molar-refractivity contribution in [3.63, 3.8) is 0 Å². The molecule has 5 heteroatoms. The fourth-order valence-corrected chi connectivity index (χ4v) is 5.59. The van der Waals surface area contributed by atoms with Crippen LogP contribution in [0.5, 0.6) is 0 Å². The van der Waals surface area contributed by atoms with Gasteiger partial charge >= 0.3 is 0 Å². The summed E-state index contributed by atoms with van der Waals surface area (Å²) in [5, 5.41) is 1.16. The Morgan fingerprint density at radius 3 is 2.39 bits per heavy atom. The number of carbonyl (C=O) groups excluding carboxylic acids is 2. The molecule has 0 radical (unpaired) electrons. The molecule has 2 aliphatic carbocycles. The highest BCUT2D eigenvalue weighted by Crippen LogP contribution is 2.47. The van der Waals surface area contributed by atoms with Crippen molar-refractivity contribution in [3.05, 3.63) is 87.5 Å². The van der Waals surface area contributed by atoms with Crippen LogP contribution in [-0.4, -0.2) is 32.7 Å². The van der Waals surface area contributed by atoms with Crippen molar-refractivity contribution in [2.24, 2.45) is 0 Å². The Bertz CT molecular complexity index is 1180. The van der Waals surface area contributed by atoms with Crippen molar-refractivity contribution in [1.29, 1.82) is 0 Å². The molecule has 0 N–H and O–H groups in total. The van der Waals surface area contributed by atoms with E-state index in [0.717, 1.165) is 29.9 Å². The van der Waals surface area contributed by atoms with E-state index in [0.29, 0.717) is 16.7 Å². The minimum absolute atomic E-state index is 0.128. The molecule has 0 atom stereocenters. The largest absolute Gasteiger partial charge is 0.378 e. The molecule has 0 spiro atoms. The molecular formula is C26H24N2O2S. The van der Waals surface area contributed by atoms with Gasteiger partial charge in [-0.25, -0.2) is 0 Å². The van der Waals surface area contributed by atoms with Crippen LogP contribution in [-0.2, 0) is 0 Å². The van der Waals surface area contributed by atoms with E-state index in [1.54, 1.807) is 23.9 Å². The van der Waals surface area contributed by atoms with Crippen molar-refractivity contribution < 1.29 is 9.59 Å². The van der Waals surface area contributed by atoms with Crippen molar-refractivity contribution >= 4 is 34.7 Å². The number of carbonyl (C=O) groups is 2. The van der Waals surface area contributed by atoms with Gasteiger partial charge in [0.1, 0.15) is 0 Å². The van der Waals surface area contributed by atoms with E-state index in [2.05, 4.69) is 47.2 Å². The van der Waals surface area contributed by atoms with Gasteiger partial charge in [0.25, 0.3) is 0 Å². The van der Waals surface area contributed by atoms with E-state index in [1.807, 2.05) is 26.2 Å². The highest BCUT2D eigenvalue weighted by Gasteiger charge is 2.35. The molecule has 156 valence electrons. The summed E-state index contributed by atoms with van der Waals surface area (Å²) >= 11 is 1.76. The summed E-state index contributed by atoms with van der Waals surface area (Å²) in [7, 11) is 6.19. The Kier molecular flexibility index (Phi) is 4.86. The standard InChI is InChI=1S/C26H24N2O2S/c1-27(2)18-11-12-21-22(15-18)31-23(28(21)3)14-16-7-6-8-17(13-16)24-25(29)19-9-4-5-10-20(19)26(24)30/h4-5,9-15H,6-8H2,1-3H3/b23-14-. The Labute approximate surface area is 186 Å². The second-order valence-corrected chi connectivity index (χ2v) is 9.43. The maximum Gasteiger partial charge on any atom is 0.197 e. The molecule has 1 aliphatic heterocycles. The summed E-state index contributed by atoms with van der Waals surface area (Å²) in [5.74, 6) is -0.256. The van der Waals surface area contributed by atoms with Crippen LogP contribution in [0.15, 0.2) is 81.3 Å². The fourth-order valence-electron chi connectivity index (χ4n) is 4.43. The first kappa shape index (κ1) is 19.9. The highest BCUT2D eigenvalue weighted by atomic mass is 32.2. The number of thioether (sulfide) groups is 1. The minimum Gasteiger partial charge on any atom is -0.378 e. The van der Waals surface area contributed by atoms with E-state index in [1.165, 1.54) is 21.8 Å². The zero-order chi connectivity index (χ0) is 21.7. The summed E-state index contributed by atoms with van der Waals surface area (Å²) in [5.41, 5.74) is 5.86. The van der Waals surface area contributed by atoms with Gasteiger partial charge in [-0.05, 0) is 54.7 Å². The molecule has 0 fully saturated rings. The molecule has 4 nitrogen and oxygen atoms in total. The summed E-state index contributed by atoms with van der Waals surface area (Å²) in [4.78, 5) is 31.4. The van der Waals surface area contributed by atoms with E-state index in [4.69, 9.17) is 0 Å². The average Bonchev–Trinajstić information content (AvgIpc) is 3.21. The molecule has 0 aromatic heterocycles. The zero-order valence-corrected chi connectivity index (χ0v) is 18.8. The van der Waals surface area contributed by atoms with Crippen LogP contribution in [0.3, 0.4) is 0 Å². The Morgan fingerprint density at radius 1 is 1.00 bits per heavy atom. The third kappa shape index (κ3) is 3.33. The van der Waals surface area contributed by atoms with Gasteiger partial charge in [0.05, 0.1) is 16.3 Å². The molecule has 0 amide bonds. The van der Waals surface area contributed by atoms with E-state index >= 15 is 0 Å². The van der Waals surface area contributed by atoms with Crippen molar-refractivity contribution in [2.45, 2.75) is 24.2 Å². The molecule has 5 rings (SSSR count). The van der Waals surface area contributed by atoms with Crippen molar-refractivity contribution in [3.8, 4) is 0 Å². The second-order valence-electron chi connectivity index (χ2n) is 8.37. The van der Waals surface area contributed by atoms with Crippen LogP contribution in [0, 0.1) is 0 Å². The predicted octanol–water partition coefficient (Wildman–Crippen LogP) is 5.62. The van der Waals surface area contributed by atoms with E-state index in [-0.39, 0.29) is 11.6 Å². The van der Waals surface area contributed by atoms with E-state index in [9.17, 15) is 9.59 Å². The lowest BCUT2D eigenvalue weighted by atomic mass is 9.90. The molecule has 0 unspecified atom stereocenters. The zero-order valence-electron chi connectivity index (χ0n) is 17.9. The lowest BCUT2D eigenvalue weighted by Crippen LogP contribution is -2.11. The van der Waals surface area contributed by atoms with Crippen LogP contribution in [0.4, 0.5) is 11.4 Å². The second kappa shape index (κ2) is 7.57. The van der Waals surface area contributed by atoms with Crippen LogP contribution >= 0.6 is 11.8 Å². The molecule has 0 bridgehead atoms.